The fourth-order valence-corrected chi connectivity index (χ4v) is 3.72. The Kier molecular flexibility index (Phi) is 10.5. The Hall–Kier alpha value is -3.51. The summed E-state index contributed by atoms with van der Waals surface area (Å²) >= 11 is 0. The van der Waals surface area contributed by atoms with Crippen LogP contribution in [0.3, 0.4) is 0 Å². The first-order valence-electron chi connectivity index (χ1n) is 12.6. The van der Waals surface area contributed by atoms with Crippen molar-refractivity contribution in [1.82, 2.24) is 0 Å². The largest absolute Gasteiger partial charge is 0.487 e. The lowest BCUT2D eigenvalue weighted by molar-refractivity contribution is -0.137. The molecular formula is C29H31F7N2O3. The molecule has 0 radical (unpaired) electrons. The number of hydrogen-bond donors (Lipinski definition) is 2. The summed E-state index contributed by atoms with van der Waals surface area (Å²) in [6, 6.07) is 17.2. The SMILES string of the molecule is CC(F)(F)CCc1cc(OCC(C)(F)F)cc(N(COCc2ccccc2)C(O)Nc2ccc(C(F)(F)F)cc2)c1. The number of anilines is 2. The van der Waals surface area contributed by atoms with Gasteiger partial charge < -0.3 is 24.8 Å². The highest BCUT2D eigenvalue weighted by Gasteiger charge is 2.30. The van der Waals surface area contributed by atoms with Crippen LogP contribution in [0.15, 0.2) is 72.8 Å². The molecule has 1 unspecified atom stereocenters. The van der Waals surface area contributed by atoms with Crippen molar-refractivity contribution in [3.05, 3.63) is 89.5 Å². The molecule has 0 spiro atoms. The van der Waals surface area contributed by atoms with Gasteiger partial charge in [-0.15, -0.1) is 0 Å². The van der Waals surface area contributed by atoms with Crippen LogP contribution in [0.5, 0.6) is 5.75 Å². The fourth-order valence-electron chi connectivity index (χ4n) is 3.72. The van der Waals surface area contributed by atoms with Gasteiger partial charge in [0.05, 0.1) is 12.2 Å². The minimum absolute atomic E-state index is 0.0479. The number of halogens is 7. The molecule has 0 aliphatic rings. The molecule has 2 N–H and O–H groups in total. The van der Waals surface area contributed by atoms with Crippen LogP contribution in [0.2, 0.25) is 0 Å². The number of alkyl halides is 7. The van der Waals surface area contributed by atoms with Crippen molar-refractivity contribution in [3.63, 3.8) is 0 Å². The first-order chi connectivity index (χ1) is 19.1. The van der Waals surface area contributed by atoms with Gasteiger partial charge in [-0.25, -0.2) is 17.6 Å². The minimum Gasteiger partial charge on any atom is -0.487 e. The van der Waals surface area contributed by atoms with E-state index in [-0.39, 0.29) is 36.9 Å². The first kappa shape index (κ1) is 32.0. The summed E-state index contributed by atoms with van der Waals surface area (Å²) in [4.78, 5) is 1.26. The minimum atomic E-state index is -4.55. The van der Waals surface area contributed by atoms with E-state index >= 15 is 0 Å². The van der Waals surface area contributed by atoms with E-state index in [0.717, 1.165) is 36.8 Å². The normalized spacial score (nSPS) is 13.1. The molecule has 0 heterocycles. The molecule has 12 heteroatoms. The summed E-state index contributed by atoms with van der Waals surface area (Å²) < 4.78 is 104. The summed E-state index contributed by atoms with van der Waals surface area (Å²) in [5.41, 5.74) is 0.577. The molecule has 0 bridgehead atoms. The number of benzene rings is 3. The second kappa shape index (κ2) is 13.4. The summed E-state index contributed by atoms with van der Waals surface area (Å²) in [6.07, 6.45) is -6.80. The molecule has 224 valence electrons. The maximum Gasteiger partial charge on any atom is 0.416 e. The second-order valence-electron chi connectivity index (χ2n) is 9.79. The molecule has 0 amide bonds. The second-order valence-corrected chi connectivity index (χ2v) is 9.79. The zero-order chi connectivity index (χ0) is 30.3. The number of hydrogen-bond acceptors (Lipinski definition) is 5. The van der Waals surface area contributed by atoms with Gasteiger partial charge in [0.25, 0.3) is 5.92 Å². The molecule has 0 aromatic heterocycles. The van der Waals surface area contributed by atoms with Crippen molar-refractivity contribution in [2.75, 3.05) is 23.6 Å². The van der Waals surface area contributed by atoms with E-state index in [1.54, 1.807) is 12.1 Å². The van der Waals surface area contributed by atoms with Crippen LogP contribution >= 0.6 is 0 Å². The average Bonchev–Trinajstić information content (AvgIpc) is 2.88. The van der Waals surface area contributed by atoms with Crippen LogP contribution in [-0.4, -0.2) is 36.6 Å². The van der Waals surface area contributed by atoms with E-state index < -0.39 is 43.0 Å². The van der Waals surface area contributed by atoms with Gasteiger partial charge in [-0.05, 0) is 60.9 Å². The Labute approximate surface area is 233 Å². The van der Waals surface area contributed by atoms with Crippen LogP contribution in [0, 0.1) is 0 Å². The fraction of sp³-hybridized carbons (Fsp3) is 0.379. The van der Waals surface area contributed by atoms with Crippen LogP contribution in [0.4, 0.5) is 42.1 Å². The van der Waals surface area contributed by atoms with Gasteiger partial charge in [0, 0.05) is 30.8 Å². The number of aliphatic hydroxyl groups is 1. The van der Waals surface area contributed by atoms with Crippen molar-refractivity contribution < 1.29 is 45.3 Å². The number of nitrogens with one attached hydrogen (secondary N) is 1. The highest BCUT2D eigenvalue weighted by atomic mass is 19.4. The number of aryl methyl sites for hydroxylation is 1. The Balaban J connectivity index is 1.91. The predicted octanol–water partition coefficient (Wildman–Crippen LogP) is 7.70. The highest BCUT2D eigenvalue weighted by Crippen LogP contribution is 2.32. The van der Waals surface area contributed by atoms with Gasteiger partial charge in [-0.1, -0.05) is 30.3 Å². The molecular weight excluding hydrogens is 557 g/mol. The summed E-state index contributed by atoms with van der Waals surface area (Å²) in [5, 5.41) is 13.7. The third-order valence-corrected chi connectivity index (χ3v) is 5.77. The zero-order valence-corrected chi connectivity index (χ0v) is 22.4. The van der Waals surface area contributed by atoms with Crippen LogP contribution in [0.1, 0.15) is 37.0 Å². The van der Waals surface area contributed by atoms with Gasteiger partial charge in [0.1, 0.15) is 12.5 Å². The smallest absolute Gasteiger partial charge is 0.416 e. The molecule has 3 rings (SSSR count). The highest BCUT2D eigenvalue weighted by molar-refractivity contribution is 5.56. The topological polar surface area (TPSA) is 54.0 Å². The number of nitrogens with zero attached hydrogens (tertiary/aromatic N) is 1. The zero-order valence-electron chi connectivity index (χ0n) is 22.4. The molecule has 1 atom stereocenters. The van der Waals surface area contributed by atoms with Crippen LogP contribution in [-0.2, 0) is 23.9 Å². The predicted molar refractivity (Wildman–Crippen MR) is 141 cm³/mol. The van der Waals surface area contributed by atoms with E-state index in [1.165, 1.54) is 23.1 Å². The van der Waals surface area contributed by atoms with Crippen molar-refractivity contribution >= 4 is 11.4 Å². The van der Waals surface area contributed by atoms with E-state index in [0.29, 0.717) is 12.5 Å². The lowest BCUT2D eigenvalue weighted by atomic mass is 10.1. The molecule has 0 saturated carbocycles. The quantitative estimate of drug-likeness (QED) is 0.149. The number of ether oxygens (including phenoxy) is 2. The van der Waals surface area contributed by atoms with E-state index in [1.807, 2.05) is 18.2 Å². The number of rotatable bonds is 14. The lowest BCUT2D eigenvalue weighted by Gasteiger charge is -2.31. The molecule has 0 saturated heterocycles. The average molecular weight is 589 g/mol. The van der Waals surface area contributed by atoms with E-state index in [2.05, 4.69) is 5.32 Å². The molecule has 0 aliphatic carbocycles. The van der Waals surface area contributed by atoms with Crippen molar-refractivity contribution in [1.29, 1.82) is 0 Å². The lowest BCUT2D eigenvalue weighted by Crippen LogP contribution is -2.42. The van der Waals surface area contributed by atoms with Gasteiger partial charge in [-0.2, -0.15) is 13.2 Å². The van der Waals surface area contributed by atoms with Crippen molar-refractivity contribution in [2.45, 2.75) is 57.7 Å². The third-order valence-electron chi connectivity index (χ3n) is 5.77. The van der Waals surface area contributed by atoms with Crippen LogP contribution in [0.25, 0.3) is 0 Å². The molecule has 5 nitrogen and oxygen atoms in total. The maximum atomic E-state index is 13.6. The molecule has 3 aromatic rings. The molecule has 3 aromatic carbocycles. The van der Waals surface area contributed by atoms with Gasteiger partial charge in [0.15, 0.2) is 6.61 Å². The molecule has 0 fully saturated rings. The summed E-state index contributed by atoms with van der Waals surface area (Å²) in [6.45, 7) is 0.291. The third kappa shape index (κ3) is 11.1. The monoisotopic (exact) mass is 588 g/mol. The van der Waals surface area contributed by atoms with Gasteiger partial charge in [-0.3, -0.25) is 0 Å². The summed E-state index contributed by atoms with van der Waals surface area (Å²) in [5.74, 6) is -6.21. The van der Waals surface area contributed by atoms with Crippen LogP contribution < -0.4 is 15.0 Å². The van der Waals surface area contributed by atoms with E-state index in [9.17, 15) is 35.8 Å². The Morgan fingerprint density at radius 1 is 0.829 bits per heavy atom. The molecule has 0 aliphatic heterocycles. The molecule has 41 heavy (non-hydrogen) atoms. The van der Waals surface area contributed by atoms with Crippen molar-refractivity contribution in [2.24, 2.45) is 0 Å². The van der Waals surface area contributed by atoms with Gasteiger partial charge >= 0.3 is 6.18 Å². The first-order valence-corrected chi connectivity index (χ1v) is 12.6. The maximum absolute atomic E-state index is 13.6. The van der Waals surface area contributed by atoms with Gasteiger partial charge in [0.2, 0.25) is 12.3 Å². The standard InChI is InChI=1S/C29H31F7N2O3/c1-27(30,31)13-12-21-14-24(16-25(15-21)41-18-28(2,32)33)38(19-40-17-20-6-4-3-5-7-20)26(39)37-23-10-8-22(9-11-23)29(34,35)36/h3-11,14-16,26,37,39H,12-13,17-19H2,1-2H3. The summed E-state index contributed by atoms with van der Waals surface area (Å²) in [7, 11) is 0. The Morgan fingerprint density at radius 3 is 2.07 bits per heavy atom. The van der Waals surface area contributed by atoms with E-state index in [4.69, 9.17) is 9.47 Å². The Morgan fingerprint density at radius 2 is 1.49 bits per heavy atom. The Bertz CT molecular complexity index is 1190. The van der Waals surface area contributed by atoms with Crippen molar-refractivity contribution in [3.8, 4) is 5.75 Å². The number of aliphatic hydroxyl groups excluding tert-OH is 1.